The van der Waals surface area contributed by atoms with Gasteiger partial charge in [0.2, 0.25) is 5.91 Å². The van der Waals surface area contributed by atoms with Gasteiger partial charge in [0.05, 0.1) is 18.8 Å². The van der Waals surface area contributed by atoms with Gasteiger partial charge in [0.25, 0.3) is 0 Å². The fourth-order valence-corrected chi connectivity index (χ4v) is 7.19. The predicted octanol–water partition coefficient (Wildman–Crippen LogP) is 14.1. The lowest BCUT2D eigenvalue weighted by Crippen LogP contribution is -2.45. The molecule has 50 heavy (non-hydrogen) atoms. The normalized spacial score (nSPS) is 13.1. The van der Waals surface area contributed by atoms with Crippen molar-refractivity contribution in [2.75, 3.05) is 6.61 Å². The van der Waals surface area contributed by atoms with Crippen molar-refractivity contribution in [1.82, 2.24) is 5.32 Å². The number of nitrogens with one attached hydrogen (secondary N) is 1. The van der Waals surface area contributed by atoms with Crippen molar-refractivity contribution in [3.8, 4) is 0 Å². The van der Waals surface area contributed by atoms with Crippen molar-refractivity contribution in [3.63, 3.8) is 0 Å². The molecule has 4 nitrogen and oxygen atoms in total. The van der Waals surface area contributed by atoms with Crippen LogP contribution in [0.5, 0.6) is 0 Å². The Hall–Kier alpha value is -0.870. The molecule has 0 fully saturated rings. The average molecular weight is 706 g/mol. The smallest absolute Gasteiger partial charge is 0.220 e. The summed E-state index contributed by atoms with van der Waals surface area (Å²) in [6.07, 6.45) is 50.5. The third-order valence-corrected chi connectivity index (χ3v) is 10.7. The van der Waals surface area contributed by atoms with Crippen molar-refractivity contribution < 1.29 is 15.0 Å². The molecule has 0 aromatic carbocycles. The molecular formula is C46H91NO3. The second-order valence-corrected chi connectivity index (χ2v) is 16.3. The van der Waals surface area contributed by atoms with E-state index in [4.69, 9.17) is 0 Å². The van der Waals surface area contributed by atoms with Crippen molar-refractivity contribution in [2.45, 2.75) is 264 Å². The molecule has 0 aliphatic carbocycles. The third kappa shape index (κ3) is 38.4. The maximum atomic E-state index is 12.4. The van der Waals surface area contributed by atoms with Gasteiger partial charge in [-0.25, -0.2) is 0 Å². The Morgan fingerprint density at radius 3 is 1.22 bits per heavy atom. The minimum absolute atomic E-state index is 0.0609. The lowest BCUT2D eigenvalue weighted by Gasteiger charge is -2.20. The summed E-state index contributed by atoms with van der Waals surface area (Å²) in [5.41, 5.74) is 0. The van der Waals surface area contributed by atoms with E-state index in [-0.39, 0.29) is 12.5 Å². The molecule has 298 valence electrons. The molecule has 0 aliphatic rings. The zero-order valence-corrected chi connectivity index (χ0v) is 34.4. The number of amides is 1. The Bertz CT molecular complexity index is 693. The van der Waals surface area contributed by atoms with E-state index in [2.05, 4.69) is 26.1 Å². The predicted molar refractivity (Wildman–Crippen MR) is 221 cm³/mol. The maximum absolute atomic E-state index is 12.4. The molecule has 0 heterocycles. The highest BCUT2D eigenvalue weighted by Crippen LogP contribution is 2.17. The number of carbonyl (C=O) groups excluding carboxylic acids is 1. The van der Waals surface area contributed by atoms with E-state index in [0.717, 1.165) is 31.6 Å². The summed E-state index contributed by atoms with van der Waals surface area (Å²) in [4.78, 5) is 12.4. The fourth-order valence-electron chi connectivity index (χ4n) is 7.19. The molecule has 0 saturated carbocycles. The van der Waals surface area contributed by atoms with E-state index in [1.165, 1.54) is 199 Å². The van der Waals surface area contributed by atoms with Gasteiger partial charge in [-0.15, -0.1) is 0 Å². The van der Waals surface area contributed by atoms with Gasteiger partial charge in [-0.05, 0) is 25.2 Å². The van der Waals surface area contributed by atoms with E-state index >= 15 is 0 Å². The Labute approximate surface area is 314 Å². The van der Waals surface area contributed by atoms with Gasteiger partial charge in [-0.3, -0.25) is 4.79 Å². The van der Waals surface area contributed by atoms with E-state index in [1.54, 1.807) is 6.08 Å². The summed E-state index contributed by atoms with van der Waals surface area (Å²) in [5, 5.41) is 23.0. The first-order chi connectivity index (χ1) is 24.5. The molecular weight excluding hydrogens is 615 g/mol. The monoisotopic (exact) mass is 706 g/mol. The molecule has 0 spiro atoms. The van der Waals surface area contributed by atoms with Gasteiger partial charge < -0.3 is 15.5 Å². The second-order valence-electron chi connectivity index (χ2n) is 16.3. The molecule has 2 atom stereocenters. The minimum Gasteiger partial charge on any atom is -0.394 e. The standard InChI is InChI=1S/C46H91NO3/c1-4-5-6-7-8-9-10-11-12-13-14-15-16-17-18-19-20-21-22-23-24-25-29-32-35-38-41-46(50)47-44(42-48)45(49)40-37-34-31-28-26-27-30-33-36-39-43(2)3/h37,40,43-45,48-49H,4-36,38-39,41-42H2,1-3H3,(H,47,50)/b40-37+/t44-,45+/m0/s1. The van der Waals surface area contributed by atoms with Crippen LogP contribution in [0.3, 0.4) is 0 Å². The average Bonchev–Trinajstić information content (AvgIpc) is 3.10. The van der Waals surface area contributed by atoms with Crippen molar-refractivity contribution in [2.24, 2.45) is 5.92 Å². The van der Waals surface area contributed by atoms with Gasteiger partial charge in [0.1, 0.15) is 0 Å². The molecule has 0 aromatic rings. The summed E-state index contributed by atoms with van der Waals surface area (Å²) in [6, 6.07) is -0.617. The van der Waals surface area contributed by atoms with E-state index in [1.807, 2.05) is 6.08 Å². The zero-order valence-electron chi connectivity index (χ0n) is 34.4. The molecule has 0 saturated heterocycles. The molecule has 0 bridgehead atoms. The summed E-state index contributed by atoms with van der Waals surface area (Å²) in [7, 11) is 0. The van der Waals surface area contributed by atoms with E-state index in [0.29, 0.717) is 6.42 Å². The largest absolute Gasteiger partial charge is 0.394 e. The maximum Gasteiger partial charge on any atom is 0.220 e. The van der Waals surface area contributed by atoms with Gasteiger partial charge in [0, 0.05) is 6.42 Å². The topological polar surface area (TPSA) is 69.6 Å². The number of allylic oxidation sites excluding steroid dienone is 1. The second kappa shape index (κ2) is 40.9. The molecule has 0 unspecified atom stereocenters. The Kier molecular flexibility index (Phi) is 40.2. The molecule has 4 heteroatoms. The highest BCUT2D eigenvalue weighted by atomic mass is 16.3. The number of rotatable bonds is 41. The van der Waals surface area contributed by atoms with Crippen molar-refractivity contribution >= 4 is 5.91 Å². The fraction of sp³-hybridized carbons (Fsp3) is 0.935. The molecule has 0 radical (unpaired) electrons. The van der Waals surface area contributed by atoms with Crippen LogP contribution in [-0.4, -0.2) is 34.9 Å². The SMILES string of the molecule is CCCCCCCCCCCCCCCCCCCCCCCCCCCCC(=O)N[C@@H](CO)[C@H](O)/C=C/CCCCCCCCCC(C)C. The molecule has 3 N–H and O–H groups in total. The van der Waals surface area contributed by atoms with Crippen LogP contribution >= 0.6 is 0 Å². The van der Waals surface area contributed by atoms with Crippen LogP contribution < -0.4 is 5.32 Å². The first-order valence-electron chi connectivity index (χ1n) is 22.8. The zero-order chi connectivity index (χ0) is 36.6. The van der Waals surface area contributed by atoms with Crippen molar-refractivity contribution in [3.05, 3.63) is 12.2 Å². The molecule has 0 rings (SSSR count). The first-order valence-corrected chi connectivity index (χ1v) is 22.8. The van der Waals surface area contributed by atoms with Crippen LogP contribution in [0, 0.1) is 5.92 Å². The number of hydrogen-bond acceptors (Lipinski definition) is 3. The first kappa shape index (κ1) is 49.1. The van der Waals surface area contributed by atoms with E-state index in [9.17, 15) is 15.0 Å². The minimum atomic E-state index is -0.834. The Morgan fingerprint density at radius 1 is 0.520 bits per heavy atom. The highest BCUT2D eigenvalue weighted by Gasteiger charge is 2.18. The van der Waals surface area contributed by atoms with Crippen molar-refractivity contribution in [1.29, 1.82) is 0 Å². The van der Waals surface area contributed by atoms with E-state index < -0.39 is 12.1 Å². The van der Waals surface area contributed by atoms with Crippen LogP contribution in [0.15, 0.2) is 12.2 Å². The summed E-state index contributed by atoms with van der Waals surface area (Å²) < 4.78 is 0. The number of carbonyl (C=O) groups is 1. The van der Waals surface area contributed by atoms with Crippen LogP contribution in [0.4, 0.5) is 0 Å². The number of aliphatic hydroxyl groups excluding tert-OH is 2. The van der Waals surface area contributed by atoms with Gasteiger partial charge in [-0.1, -0.05) is 238 Å². The van der Waals surface area contributed by atoms with Crippen LogP contribution in [0.25, 0.3) is 0 Å². The number of aliphatic hydroxyl groups is 2. The molecule has 0 aromatic heterocycles. The summed E-state index contributed by atoms with van der Waals surface area (Å²) in [6.45, 7) is 6.65. The summed E-state index contributed by atoms with van der Waals surface area (Å²) in [5.74, 6) is 0.762. The lowest BCUT2D eigenvalue weighted by molar-refractivity contribution is -0.123. The lowest BCUT2D eigenvalue weighted by atomic mass is 10.0. The number of hydrogen-bond donors (Lipinski definition) is 3. The molecule has 0 aliphatic heterocycles. The number of unbranched alkanes of at least 4 members (excludes halogenated alkanes) is 32. The Balaban J connectivity index is 3.45. The molecule has 1 amide bonds. The van der Waals surface area contributed by atoms with Gasteiger partial charge in [0.15, 0.2) is 0 Å². The highest BCUT2D eigenvalue weighted by molar-refractivity contribution is 5.76. The van der Waals surface area contributed by atoms with Crippen LogP contribution in [-0.2, 0) is 4.79 Å². The van der Waals surface area contributed by atoms with Gasteiger partial charge in [-0.2, -0.15) is 0 Å². The van der Waals surface area contributed by atoms with Gasteiger partial charge >= 0.3 is 0 Å². The quantitative estimate of drug-likeness (QED) is 0.0438. The third-order valence-electron chi connectivity index (χ3n) is 10.7. The Morgan fingerprint density at radius 2 is 0.860 bits per heavy atom. The van der Waals surface area contributed by atoms with Crippen LogP contribution in [0.1, 0.15) is 252 Å². The summed E-state index contributed by atoms with van der Waals surface area (Å²) >= 11 is 0. The van der Waals surface area contributed by atoms with Crippen LogP contribution in [0.2, 0.25) is 0 Å².